The van der Waals surface area contributed by atoms with Gasteiger partial charge in [-0.1, -0.05) is 17.3 Å². The van der Waals surface area contributed by atoms with E-state index in [1.807, 2.05) is 19.1 Å². The molecule has 0 aliphatic heterocycles. The molecule has 0 atom stereocenters. The number of hydrogen-bond donors (Lipinski definition) is 1. The Labute approximate surface area is 198 Å². The van der Waals surface area contributed by atoms with Crippen molar-refractivity contribution in [2.24, 2.45) is 0 Å². The molecule has 182 valence electrons. The summed E-state index contributed by atoms with van der Waals surface area (Å²) >= 11 is 0. The molecular weight excluding hydrogens is 462 g/mol. The van der Waals surface area contributed by atoms with Crippen LogP contribution in [0.2, 0.25) is 0 Å². The van der Waals surface area contributed by atoms with Crippen LogP contribution in [0.15, 0.2) is 51.9 Å². The van der Waals surface area contributed by atoms with Crippen molar-refractivity contribution in [2.45, 2.75) is 44.7 Å². The molecule has 2 aromatic carbocycles. The number of para-hydroxylation sites is 1. The van der Waals surface area contributed by atoms with Crippen LogP contribution < -0.4 is 14.2 Å². The van der Waals surface area contributed by atoms with Crippen molar-refractivity contribution in [3.8, 4) is 22.9 Å². The molecule has 1 heterocycles. The first-order valence-corrected chi connectivity index (χ1v) is 12.0. The zero-order valence-electron chi connectivity index (χ0n) is 19.6. The summed E-state index contributed by atoms with van der Waals surface area (Å²) in [5.41, 5.74) is -0.0601. The Bertz CT molecular complexity index is 1260. The van der Waals surface area contributed by atoms with Crippen LogP contribution in [0.25, 0.3) is 11.4 Å². The number of ether oxygens (including phenoxy) is 3. The highest BCUT2D eigenvalue weighted by Crippen LogP contribution is 2.28. The van der Waals surface area contributed by atoms with Crippen molar-refractivity contribution in [1.82, 2.24) is 14.9 Å². The van der Waals surface area contributed by atoms with E-state index in [0.717, 1.165) is 0 Å². The second kappa shape index (κ2) is 10.2. The summed E-state index contributed by atoms with van der Waals surface area (Å²) < 4.78 is 49.3. The fourth-order valence-corrected chi connectivity index (χ4v) is 4.65. The number of nitrogens with zero attached hydrogens (tertiary/aromatic N) is 2. The fraction of sp³-hybridized carbons (Fsp3) is 0.348. The van der Waals surface area contributed by atoms with E-state index in [2.05, 4.69) is 14.9 Å². The second-order valence-corrected chi connectivity index (χ2v) is 9.89. The quantitative estimate of drug-likeness (QED) is 0.448. The van der Waals surface area contributed by atoms with Gasteiger partial charge in [0.2, 0.25) is 15.8 Å². The number of rotatable bonds is 9. The van der Waals surface area contributed by atoms with E-state index in [9.17, 15) is 13.2 Å². The predicted molar refractivity (Wildman–Crippen MR) is 123 cm³/mol. The van der Waals surface area contributed by atoms with Crippen molar-refractivity contribution >= 4 is 16.0 Å². The second-order valence-electron chi connectivity index (χ2n) is 8.24. The molecular formula is C23H27N3O7S. The van der Waals surface area contributed by atoms with Crippen LogP contribution in [0.5, 0.6) is 11.5 Å². The van der Waals surface area contributed by atoms with E-state index in [-0.39, 0.29) is 28.7 Å². The van der Waals surface area contributed by atoms with Gasteiger partial charge in [0.05, 0.1) is 24.8 Å². The Morgan fingerprint density at radius 1 is 1.12 bits per heavy atom. The Morgan fingerprint density at radius 3 is 2.53 bits per heavy atom. The number of hydrogen-bond acceptors (Lipinski definition) is 9. The van der Waals surface area contributed by atoms with Gasteiger partial charge in [-0.15, -0.1) is 0 Å². The van der Waals surface area contributed by atoms with E-state index >= 15 is 0 Å². The Morgan fingerprint density at radius 2 is 1.85 bits per heavy atom. The van der Waals surface area contributed by atoms with Crippen LogP contribution in [-0.2, 0) is 21.4 Å². The average molecular weight is 490 g/mol. The molecule has 0 saturated carbocycles. The van der Waals surface area contributed by atoms with Crippen LogP contribution in [0.4, 0.5) is 0 Å². The lowest BCUT2D eigenvalue weighted by molar-refractivity contribution is 0.0429. The van der Waals surface area contributed by atoms with Gasteiger partial charge in [0.1, 0.15) is 16.4 Å². The molecule has 34 heavy (non-hydrogen) atoms. The predicted octanol–water partition coefficient (Wildman–Crippen LogP) is 3.58. The SMILES string of the molecule is CCOc1ccccc1-c1noc(COC(=O)c2ccc(OC)c(S(=O)(=O)NC(C)(C)C)c2)n1. The van der Waals surface area contributed by atoms with Gasteiger partial charge in [0.25, 0.3) is 5.89 Å². The van der Waals surface area contributed by atoms with Gasteiger partial charge in [-0.25, -0.2) is 17.9 Å². The molecule has 0 amide bonds. The molecule has 3 aromatic rings. The van der Waals surface area contributed by atoms with Gasteiger partial charge >= 0.3 is 5.97 Å². The first-order valence-electron chi connectivity index (χ1n) is 10.5. The molecule has 0 unspecified atom stereocenters. The summed E-state index contributed by atoms with van der Waals surface area (Å²) in [5, 5.41) is 3.92. The standard InChI is InChI=1S/C23H27N3O7S/c1-6-31-17-10-8-7-9-16(17)21-24-20(33-25-21)14-32-22(27)15-11-12-18(30-5)19(13-15)34(28,29)26-23(2,3)4/h7-13,26H,6,14H2,1-5H3. The molecule has 0 aliphatic carbocycles. The molecule has 1 N–H and O–H groups in total. The molecule has 0 aliphatic rings. The number of sulfonamides is 1. The first-order chi connectivity index (χ1) is 16.0. The minimum atomic E-state index is -3.96. The molecule has 0 radical (unpaired) electrons. The minimum absolute atomic E-state index is 0.0246. The van der Waals surface area contributed by atoms with Gasteiger partial charge < -0.3 is 18.7 Å². The summed E-state index contributed by atoms with van der Waals surface area (Å²) in [6.07, 6.45) is 0. The lowest BCUT2D eigenvalue weighted by atomic mass is 10.1. The summed E-state index contributed by atoms with van der Waals surface area (Å²) in [4.78, 5) is 16.7. The van der Waals surface area contributed by atoms with Gasteiger partial charge in [0.15, 0.2) is 6.61 Å². The molecule has 0 bridgehead atoms. The molecule has 0 spiro atoms. The molecule has 0 saturated heterocycles. The largest absolute Gasteiger partial charge is 0.495 e. The van der Waals surface area contributed by atoms with Crippen molar-refractivity contribution in [3.05, 3.63) is 53.9 Å². The molecule has 10 nitrogen and oxygen atoms in total. The maximum Gasteiger partial charge on any atom is 0.338 e. The van der Waals surface area contributed by atoms with E-state index in [1.165, 1.54) is 25.3 Å². The van der Waals surface area contributed by atoms with E-state index in [1.54, 1.807) is 32.9 Å². The van der Waals surface area contributed by atoms with Crippen molar-refractivity contribution in [3.63, 3.8) is 0 Å². The zero-order valence-corrected chi connectivity index (χ0v) is 20.4. The highest BCUT2D eigenvalue weighted by atomic mass is 32.2. The minimum Gasteiger partial charge on any atom is -0.495 e. The number of esters is 1. The van der Waals surface area contributed by atoms with Gasteiger partial charge in [-0.05, 0) is 58.0 Å². The lowest BCUT2D eigenvalue weighted by Gasteiger charge is -2.21. The Hall–Kier alpha value is -3.44. The molecule has 11 heteroatoms. The maximum atomic E-state index is 12.8. The average Bonchev–Trinajstić information content (AvgIpc) is 3.25. The number of carbonyl (C=O) groups excluding carboxylic acids is 1. The van der Waals surface area contributed by atoms with E-state index < -0.39 is 21.5 Å². The summed E-state index contributed by atoms with van der Waals surface area (Å²) in [6.45, 7) is 7.18. The number of carbonyl (C=O) groups is 1. The van der Waals surface area contributed by atoms with Gasteiger partial charge in [-0.3, -0.25) is 0 Å². The smallest absolute Gasteiger partial charge is 0.338 e. The summed E-state index contributed by atoms with van der Waals surface area (Å²) in [5.74, 6) is 0.309. The monoisotopic (exact) mass is 489 g/mol. The maximum absolute atomic E-state index is 12.8. The van der Waals surface area contributed by atoms with Crippen molar-refractivity contribution in [2.75, 3.05) is 13.7 Å². The zero-order chi connectivity index (χ0) is 24.9. The highest BCUT2D eigenvalue weighted by molar-refractivity contribution is 7.89. The van der Waals surface area contributed by atoms with Crippen LogP contribution in [0.3, 0.4) is 0 Å². The number of benzene rings is 2. The molecule has 1 aromatic heterocycles. The Balaban J connectivity index is 1.76. The van der Waals surface area contributed by atoms with Crippen molar-refractivity contribution < 1.29 is 31.9 Å². The summed E-state index contributed by atoms with van der Waals surface area (Å²) in [7, 11) is -2.61. The first kappa shape index (κ1) is 25.2. The Kier molecular flexibility index (Phi) is 7.57. The van der Waals surface area contributed by atoms with E-state index in [0.29, 0.717) is 23.7 Å². The van der Waals surface area contributed by atoms with Crippen molar-refractivity contribution in [1.29, 1.82) is 0 Å². The lowest BCUT2D eigenvalue weighted by Crippen LogP contribution is -2.40. The topological polar surface area (TPSA) is 130 Å². The number of aromatic nitrogens is 2. The van der Waals surface area contributed by atoms with E-state index in [4.69, 9.17) is 18.7 Å². The van der Waals surface area contributed by atoms with Gasteiger partial charge in [0, 0.05) is 5.54 Å². The van der Waals surface area contributed by atoms with Crippen LogP contribution in [-0.4, -0.2) is 43.8 Å². The molecule has 0 fully saturated rings. The number of methoxy groups -OCH3 is 1. The molecule has 3 rings (SSSR count). The third-order valence-electron chi connectivity index (χ3n) is 4.35. The highest BCUT2D eigenvalue weighted by Gasteiger charge is 2.27. The van der Waals surface area contributed by atoms with Crippen LogP contribution >= 0.6 is 0 Å². The van der Waals surface area contributed by atoms with Crippen LogP contribution in [0, 0.1) is 0 Å². The number of nitrogens with one attached hydrogen (secondary N) is 1. The van der Waals surface area contributed by atoms with Gasteiger partial charge in [-0.2, -0.15) is 4.98 Å². The van der Waals surface area contributed by atoms with Crippen LogP contribution in [0.1, 0.15) is 43.9 Å². The summed E-state index contributed by atoms with van der Waals surface area (Å²) in [6, 6.07) is 11.2. The third-order valence-corrected chi connectivity index (χ3v) is 6.13. The normalized spacial score (nSPS) is 11.8. The third kappa shape index (κ3) is 6.12. The fourth-order valence-electron chi connectivity index (χ4n) is 3.04.